The van der Waals surface area contributed by atoms with Crippen LogP contribution in [0.15, 0.2) is 81.9 Å². The topological polar surface area (TPSA) is 307 Å². The van der Waals surface area contributed by atoms with Crippen LogP contribution < -0.4 is 60.0 Å². The van der Waals surface area contributed by atoms with Gasteiger partial charge in [-0.1, -0.05) is 96.8 Å². The minimum absolute atomic E-state index is 0.0842. The Balaban J connectivity index is 0.000000133. The van der Waals surface area contributed by atoms with Crippen LogP contribution in [-0.4, -0.2) is 112 Å². The number of anilines is 5. The van der Waals surface area contributed by atoms with Gasteiger partial charge in [-0.2, -0.15) is 0 Å². The summed E-state index contributed by atoms with van der Waals surface area (Å²) in [5.74, 6) is 3.88. The van der Waals surface area contributed by atoms with Crippen LogP contribution in [0, 0.1) is 28.1 Å². The van der Waals surface area contributed by atoms with Crippen molar-refractivity contribution in [3.05, 3.63) is 133 Å². The molecule has 488 valence electrons. The van der Waals surface area contributed by atoms with Crippen molar-refractivity contribution in [1.29, 1.82) is 0 Å². The molecule has 92 heavy (non-hydrogen) atoms. The third-order valence-corrected chi connectivity index (χ3v) is 24.7. The molecule has 2 saturated carbocycles. The molecule has 6 aliphatic heterocycles. The number of benzene rings is 1. The predicted molar refractivity (Wildman–Crippen MR) is 373 cm³/mol. The van der Waals surface area contributed by atoms with Gasteiger partial charge in [0.1, 0.15) is 21.7 Å². The maximum absolute atomic E-state index is 13.4. The number of thioether (sulfide) groups is 2. The van der Waals surface area contributed by atoms with Gasteiger partial charge in [0.05, 0.1) is 79.2 Å². The molecule has 1 aromatic carbocycles. The summed E-state index contributed by atoms with van der Waals surface area (Å²) >= 11 is 27.7. The van der Waals surface area contributed by atoms with Crippen LogP contribution in [0.1, 0.15) is 124 Å². The summed E-state index contributed by atoms with van der Waals surface area (Å²) in [6.07, 6.45) is 14.0. The van der Waals surface area contributed by atoms with Crippen molar-refractivity contribution < 1.29 is 0 Å². The van der Waals surface area contributed by atoms with Gasteiger partial charge in [-0.25, -0.2) is 24.9 Å². The molecule has 5 fully saturated rings. The zero-order valence-electron chi connectivity index (χ0n) is 52.7. The zero-order valence-corrected chi connectivity index (χ0v) is 57.4. The van der Waals surface area contributed by atoms with Gasteiger partial charge in [0.2, 0.25) is 17.8 Å². The highest BCUT2D eigenvalue weighted by molar-refractivity contribution is 8.14. The Morgan fingerprint density at radius 2 is 1.05 bits per heavy atom. The van der Waals surface area contributed by atoms with Gasteiger partial charge in [0.25, 0.3) is 16.7 Å². The molecule has 0 amide bonds. The van der Waals surface area contributed by atoms with E-state index in [1.165, 1.54) is 42.8 Å². The highest BCUT2D eigenvalue weighted by Crippen LogP contribution is 2.50. The van der Waals surface area contributed by atoms with Crippen molar-refractivity contribution in [2.45, 2.75) is 126 Å². The number of nitrogens with zero attached hydrogens (tertiary/aromatic N) is 14. The van der Waals surface area contributed by atoms with Gasteiger partial charge in [0, 0.05) is 100 Å². The van der Waals surface area contributed by atoms with Crippen molar-refractivity contribution in [3.8, 4) is 0 Å². The fourth-order valence-corrected chi connectivity index (χ4v) is 17.6. The number of hydrogen-bond acceptors (Lipinski definition) is 21. The summed E-state index contributed by atoms with van der Waals surface area (Å²) in [7, 11) is 5.34. The third kappa shape index (κ3) is 12.3. The highest BCUT2D eigenvalue weighted by atomic mass is 35.5. The quantitative estimate of drug-likeness (QED) is 0.0998. The number of halogens is 4. The van der Waals surface area contributed by atoms with Crippen LogP contribution in [0.4, 0.5) is 29.5 Å². The average Bonchev–Trinajstić information content (AvgIpc) is 1.53. The van der Waals surface area contributed by atoms with Crippen molar-refractivity contribution in [3.63, 3.8) is 0 Å². The van der Waals surface area contributed by atoms with Gasteiger partial charge in [-0.15, -0.1) is 0 Å². The summed E-state index contributed by atoms with van der Waals surface area (Å²) in [5.41, 5.74) is 35.9. The normalized spacial score (nSPS) is 22.3. The molecule has 0 radical (unpaired) electrons. The molecule has 28 heteroatoms. The second-order valence-corrected chi connectivity index (χ2v) is 30.0. The lowest BCUT2D eigenvalue weighted by Gasteiger charge is -2.43. The molecule has 11 heterocycles. The van der Waals surface area contributed by atoms with E-state index < -0.39 is 0 Å². The molecule has 14 rings (SSSR count). The number of pyridine rings is 2. The third-order valence-electron chi connectivity index (χ3n) is 20.6. The molecule has 0 bridgehead atoms. The van der Waals surface area contributed by atoms with E-state index >= 15 is 0 Å². The summed E-state index contributed by atoms with van der Waals surface area (Å²) in [5, 5.41) is 2.88. The van der Waals surface area contributed by atoms with E-state index in [9.17, 15) is 14.4 Å². The summed E-state index contributed by atoms with van der Waals surface area (Å²) in [6.45, 7) is 13.7. The number of hydrogen-bond donors (Lipinski definition) is 5. The molecule has 0 unspecified atom stereocenters. The van der Waals surface area contributed by atoms with E-state index in [4.69, 9.17) is 90.0 Å². The number of nitrogens with two attached hydrogens (primary N) is 5. The van der Waals surface area contributed by atoms with Gasteiger partial charge >= 0.3 is 0 Å². The van der Waals surface area contributed by atoms with E-state index in [0.29, 0.717) is 114 Å². The maximum Gasteiger partial charge on any atom is 0.265 e. The van der Waals surface area contributed by atoms with Crippen molar-refractivity contribution >= 4 is 115 Å². The van der Waals surface area contributed by atoms with Crippen LogP contribution in [0.25, 0.3) is 0 Å². The van der Waals surface area contributed by atoms with Crippen molar-refractivity contribution in [1.82, 2.24) is 38.6 Å². The predicted octanol–water partition coefficient (Wildman–Crippen LogP) is 8.62. The Hall–Kier alpha value is -6.09. The molecule has 6 aromatic rings. The first kappa shape index (κ1) is 66.0. The number of aliphatic imine (C=N–C) groups is 3. The lowest BCUT2D eigenvalue weighted by Crippen LogP contribution is -2.49. The van der Waals surface area contributed by atoms with E-state index in [1.807, 2.05) is 12.1 Å². The number of fused-ring (bicyclic) bond motifs is 3. The summed E-state index contributed by atoms with van der Waals surface area (Å²) < 4.78 is 4.91. The standard InChI is InChI=1S/C22H28ClN7OS.C22H28ClN7O.C20H23Cl2N5OS/c1-12-3-5-22(17(12)24)6-9-30(10-7-22)21-28-13-11-27-19(15(13)20(31)29(21)2)32-14-4-8-26-18(25)16(14)23;1-12-9-15(24)22(10-12)4-7-30(8-5-22)21-28-14-11-27-18(16(14)20(31)29(21)2)13-3-6-26-19(25)17(13)23;1-20(11-23)6-8-27(9-7-20)19-25-13-10-24-17(15(13)18(28)26(19)2)29-14-5-3-4-12(21)16(14)22/h4,8,12,17H,3,5-7,9-11,24H2,1-2H3,(H2,25,26);3,6,12,15H,4-5,7-11,24H2,1-2H3,(H2,25,26);3-5H,6-11,23H2,1-2H3/t12-,17-;12-,15+;/m10./s1. The molecule has 4 atom stereocenters. The van der Waals surface area contributed by atoms with Crippen molar-refractivity contribution in [2.75, 3.05) is 72.0 Å². The second-order valence-electron chi connectivity index (χ2n) is 26.4. The molecule has 10 N–H and O–H groups in total. The number of rotatable bonds is 7. The molecule has 8 aliphatic rings. The van der Waals surface area contributed by atoms with Crippen molar-refractivity contribution in [2.24, 2.45) is 81.4 Å². The number of piperidine rings is 3. The molecule has 2 aliphatic carbocycles. The first-order valence-electron chi connectivity index (χ1n) is 31.4. The van der Waals surface area contributed by atoms with Crippen LogP contribution >= 0.6 is 69.9 Å². The van der Waals surface area contributed by atoms with Gasteiger partial charge < -0.3 is 43.4 Å². The Labute approximate surface area is 563 Å². The molecule has 3 saturated heterocycles. The Kier molecular flexibility index (Phi) is 18.8. The Morgan fingerprint density at radius 3 is 1.55 bits per heavy atom. The lowest BCUT2D eigenvalue weighted by molar-refractivity contribution is 0.185. The second kappa shape index (κ2) is 26.3. The highest BCUT2D eigenvalue weighted by Gasteiger charge is 2.48. The smallest absolute Gasteiger partial charge is 0.265 e. The number of nitrogen functional groups attached to an aromatic ring is 2. The lowest BCUT2D eigenvalue weighted by atomic mass is 9.73. The fraction of sp³-hybridized carbons (Fsp3) is 0.516. The van der Waals surface area contributed by atoms with E-state index in [-0.39, 0.29) is 56.6 Å². The monoisotopic (exact) mass is 1370 g/mol. The Bertz CT molecular complexity index is 4170. The van der Waals surface area contributed by atoms with Crippen LogP contribution in [-0.2, 0) is 40.8 Å². The minimum atomic E-state index is -0.117. The van der Waals surface area contributed by atoms with Crippen LogP contribution in [0.3, 0.4) is 0 Å². The van der Waals surface area contributed by atoms with Gasteiger partial charge in [-0.05, 0) is 123 Å². The molecular weight excluding hydrogens is 1290 g/mol. The van der Waals surface area contributed by atoms with E-state index in [0.717, 1.165) is 111 Å². The molecular formula is C64H79Cl4N19O3S2. The molecule has 2 spiro atoms. The first-order chi connectivity index (χ1) is 43.9. The largest absolute Gasteiger partial charge is 0.382 e. The van der Waals surface area contributed by atoms with Gasteiger partial charge in [-0.3, -0.25) is 43.1 Å². The Morgan fingerprint density at radius 1 is 0.587 bits per heavy atom. The summed E-state index contributed by atoms with van der Waals surface area (Å²) in [6, 6.07) is 9.48. The molecule has 22 nitrogen and oxygen atoms in total. The SMILES string of the molecule is C[C@@H]1CCC2(CCN(c3nc4c(c(=O)n3C)C(Sc3ccnc(N)c3Cl)=NC4)CC2)[C@@H]1N.C[C@H]1C[C@@H](N)C2(CCN(c3nc4c(c(=O)n3C)C(c3ccnc(N)c3Cl)=NC4)CC2)C1.Cn1c(N2CCC(C)(CN)CC2)nc2c(c1=O)C(Sc1cccc(Cl)c1Cl)=NC2. The average molecular weight is 1370 g/mol. The minimum Gasteiger partial charge on any atom is -0.382 e. The van der Waals surface area contributed by atoms with Crippen LogP contribution in [0.2, 0.25) is 20.1 Å². The van der Waals surface area contributed by atoms with Gasteiger partial charge in [0.15, 0.2) is 0 Å². The first-order valence-corrected chi connectivity index (χ1v) is 34.6. The maximum atomic E-state index is 13.4. The molecule has 5 aromatic heterocycles. The van der Waals surface area contributed by atoms with Crippen LogP contribution in [0.5, 0.6) is 0 Å². The number of aromatic nitrogens is 8. The summed E-state index contributed by atoms with van der Waals surface area (Å²) in [4.78, 5) is 84.3. The fourth-order valence-electron chi connectivity index (χ4n) is 14.8. The van der Waals surface area contributed by atoms with E-state index in [2.05, 4.69) is 60.4 Å². The van der Waals surface area contributed by atoms with E-state index in [1.54, 1.807) is 65.4 Å². The zero-order chi connectivity index (χ0) is 65.3.